The molecular formula is C8H18N2O3. The van der Waals surface area contributed by atoms with Gasteiger partial charge in [0.15, 0.2) is 0 Å². The first-order valence-corrected chi connectivity index (χ1v) is 4.16. The van der Waals surface area contributed by atoms with Gasteiger partial charge in [-0.15, -0.1) is 0 Å². The Bertz CT molecular complexity index is 150. The zero-order valence-electron chi connectivity index (χ0n) is 8.37. The molecular weight excluding hydrogens is 172 g/mol. The summed E-state index contributed by atoms with van der Waals surface area (Å²) in [6, 6.07) is -0.486. The van der Waals surface area contributed by atoms with Gasteiger partial charge in [-0.05, 0) is 6.92 Å². The molecule has 1 amide bonds. The number of ether oxygens (including phenoxy) is 2. The van der Waals surface area contributed by atoms with Gasteiger partial charge in [-0.2, -0.15) is 0 Å². The largest absolute Gasteiger partial charge is 0.382 e. The maximum atomic E-state index is 11.0. The van der Waals surface area contributed by atoms with E-state index in [1.807, 2.05) is 0 Å². The third-order valence-electron chi connectivity index (χ3n) is 1.60. The molecule has 0 aromatic rings. The van der Waals surface area contributed by atoms with Gasteiger partial charge in [0, 0.05) is 20.8 Å². The van der Waals surface area contributed by atoms with E-state index in [2.05, 4.69) is 5.32 Å². The Balaban J connectivity index is 3.65. The van der Waals surface area contributed by atoms with Crippen molar-refractivity contribution >= 4 is 5.91 Å². The summed E-state index contributed by atoms with van der Waals surface area (Å²) in [4.78, 5) is 11.0. The number of carbonyl (C=O) groups is 1. The molecule has 3 N–H and O–H groups in total. The van der Waals surface area contributed by atoms with E-state index in [4.69, 9.17) is 15.2 Å². The van der Waals surface area contributed by atoms with E-state index in [0.29, 0.717) is 13.2 Å². The fourth-order valence-electron chi connectivity index (χ4n) is 0.772. The minimum Gasteiger partial charge on any atom is -0.382 e. The second kappa shape index (κ2) is 6.82. The van der Waals surface area contributed by atoms with E-state index in [-0.39, 0.29) is 12.0 Å². The SMILES string of the molecule is COCC(CNC(=O)[C@@H](C)N)OC. The van der Waals surface area contributed by atoms with Gasteiger partial charge in [0.25, 0.3) is 0 Å². The van der Waals surface area contributed by atoms with Crippen molar-refractivity contribution in [3.05, 3.63) is 0 Å². The Labute approximate surface area is 78.6 Å². The summed E-state index contributed by atoms with van der Waals surface area (Å²) in [5, 5.41) is 2.65. The lowest BCUT2D eigenvalue weighted by molar-refractivity contribution is -0.122. The first kappa shape index (κ1) is 12.3. The molecule has 0 saturated heterocycles. The number of hydrogen-bond acceptors (Lipinski definition) is 4. The number of rotatable bonds is 6. The molecule has 0 aromatic carbocycles. The van der Waals surface area contributed by atoms with Gasteiger partial charge in [0.1, 0.15) is 0 Å². The molecule has 5 nitrogen and oxygen atoms in total. The molecule has 0 bridgehead atoms. The van der Waals surface area contributed by atoms with E-state index >= 15 is 0 Å². The smallest absolute Gasteiger partial charge is 0.236 e. The van der Waals surface area contributed by atoms with Crippen molar-refractivity contribution in [3.63, 3.8) is 0 Å². The third kappa shape index (κ3) is 5.57. The van der Waals surface area contributed by atoms with Crippen LogP contribution in [0, 0.1) is 0 Å². The standard InChI is InChI=1S/C8H18N2O3/c1-6(9)8(11)10-4-7(13-3)5-12-2/h6-7H,4-5,9H2,1-3H3,(H,10,11)/t6-,7?/m1/s1. The molecule has 0 fully saturated rings. The minimum atomic E-state index is -0.486. The lowest BCUT2D eigenvalue weighted by Crippen LogP contribution is -2.43. The van der Waals surface area contributed by atoms with Crippen molar-refractivity contribution in [2.45, 2.75) is 19.1 Å². The van der Waals surface area contributed by atoms with E-state index < -0.39 is 6.04 Å². The monoisotopic (exact) mass is 190 g/mol. The first-order valence-electron chi connectivity index (χ1n) is 4.16. The lowest BCUT2D eigenvalue weighted by Gasteiger charge is -2.15. The van der Waals surface area contributed by atoms with Crippen LogP contribution in [0.3, 0.4) is 0 Å². The van der Waals surface area contributed by atoms with Gasteiger partial charge in [-0.25, -0.2) is 0 Å². The van der Waals surface area contributed by atoms with Crippen LogP contribution in [-0.4, -0.2) is 45.4 Å². The Morgan fingerprint density at radius 3 is 2.54 bits per heavy atom. The molecule has 0 spiro atoms. The summed E-state index contributed by atoms with van der Waals surface area (Å²) in [5.41, 5.74) is 5.35. The second-order valence-electron chi connectivity index (χ2n) is 2.85. The third-order valence-corrected chi connectivity index (χ3v) is 1.60. The van der Waals surface area contributed by atoms with E-state index in [1.54, 1.807) is 21.1 Å². The molecule has 5 heteroatoms. The Morgan fingerprint density at radius 1 is 1.54 bits per heavy atom. The zero-order chi connectivity index (χ0) is 10.3. The summed E-state index contributed by atoms with van der Waals surface area (Å²) >= 11 is 0. The molecule has 0 saturated carbocycles. The van der Waals surface area contributed by atoms with Gasteiger partial charge in [-0.1, -0.05) is 0 Å². The number of methoxy groups -OCH3 is 2. The van der Waals surface area contributed by atoms with Crippen LogP contribution in [0.2, 0.25) is 0 Å². The van der Waals surface area contributed by atoms with Gasteiger partial charge >= 0.3 is 0 Å². The van der Waals surface area contributed by atoms with Gasteiger partial charge in [0.05, 0.1) is 18.8 Å². The summed E-state index contributed by atoms with van der Waals surface area (Å²) in [6.07, 6.45) is -0.118. The fraction of sp³-hybridized carbons (Fsp3) is 0.875. The molecule has 78 valence electrons. The number of hydrogen-bond donors (Lipinski definition) is 2. The Morgan fingerprint density at radius 2 is 2.15 bits per heavy atom. The highest BCUT2D eigenvalue weighted by atomic mass is 16.5. The quantitative estimate of drug-likeness (QED) is 0.570. The predicted molar refractivity (Wildman–Crippen MR) is 49.3 cm³/mol. The molecule has 0 aliphatic carbocycles. The average molecular weight is 190 g/mol. The summed E-state index contributed by atoms with van der Waals surface area (Å²) < 4.78 is 9.92. The van der Waals surface area contributed by atoms with Crippen LogP contribution in [0.1, 0.15) is 6.92 Å². The predicted octanol–water partition coefficient (Wildman–Crippen LogP) is -0.889. The van der Waals surface area contributed by atoms with Crippen LogP contribution < -0.4 is 11.1 Å². The van der Waals surface area contributed by atoms with E-state index in [9.17, 15) is 4.79 Å². The molecule has 0 aromatic heterocycles. The summed E-state index contributed by atoms with van der Waals surface area (Å²) in [5.74, 6) is -0.182. The fourth-order valence-corrected chi connectivity index (χ4v) is 0.772. The summed E-state index contributed by atoms with van der Waals surface area (Å²) in [6.45, 7) is 2.51. The normalized spacial score (nSPS) is 15.1. The number of nitrogens with two attached hydrogens (primary N) is 1. The van der Waals surface area contributed by atoms with Crippen LogP contribution in [0.25, 0.3) is 0 Å². The molecule has 0 rings (SSSR count). The molecule has 0 radical (unpaired) electrons. The lowest BCUT2D eigenvalue weighted by atomic mass is 10.3. The van der Waals surface area contributed by atoms with Crippen LogP contribution in [0.4, 0.5) is 0 Å². The van der Waals surface area contributed by atoms with Crippen LogP contribution in [-0.2, 0) is 14.3 Å². The highest BCUT2D eigenvalue weighted by molar-refractivity contribution is 5.80. The number of nitrogens with one attached hydrogen (secondary N) is 1. The molecule has 0 aliphatic rings. The molecule has 2 atom stereocenters. The molecule has 1 unspecified atom stereocenters. The van der Waals surface area contributed by atoms with Crippen LogP contribution in [0.15, 0.2) is 0 Å². The molecule has 13 heavy (non-hydrogen) atoms. The topological polar surface area (TPSA) is 73.6 Å². The zero-order valence-corrected chi connectivity index (χ0v) is 8.37. The van der Waals surface area contributed by atoms with Crippen molar-refractivity contribution in [3.8, 4) is 0 Å². The van der Waals surface area contributed by atoms with Crippen molar-refractivity contribution < 1.29 is 14.3 Å². The van der Waals surface area contributed by atoms with Crippen LogP contribution in [0.5, 0.6) is 0 Å². The van der Waals surface area contributed by atoms with Crippen molar-refractivity contribution in [2.75, 3.05) is 27.4 Å². The highest BCUT2D eigenvalue weighted by Crippen LogP contribution is 1.88. The average Bonchev–Trinajstić information content (AvgIpc) is 2.11. The second-order valence-corrected chi connectivity index (χ2v) is 2.85. The van der Waals surface area contributed by atoms with Crippen LogP contribution >= 0.6 is 0 Å². The minimum absolute atomic E-state index is 0.118. The first-order chi connectivity index (χ1) is 6.11. The van der Waals surface area contributed by atoms with E-state index in [0.717, 1.165) is 0 Å². The number of amides is 1. The summed E-state index contributed by atoms with van der Waals surface area (Å²) in [7, 11) is 3.15. The van der Waals surface area contributed by atoms with Gasteiger partial charge in [0.2, 0.25) is 5.91 Å². The number of carbonyl (C=O) groups excluding carboxylic acids is 1. The Hall–Kier alpha value is -0.650. The van der Waals surface area contributed by atoms with Crippen molar-refractivity contribution in [1.29, 1.82) is 0 Å². The molecule has 0 aliphatic heterocycles. The van der Waals surface area contributed by atoms with E-state index in [1.165, 1.54) is 0 Å². The Kier molecular flexibility index (Phi) is 6.48. The van der Waals surface area contributed by atoms with Gasteiger partial charge in [-0.3, -0.25) is 4.79 Å². The van der Waals surface area contributed by atoms with Crippen molar-refractivity contribution in [1.82, 2.24) is 5.32 Å². The maximum absolute atomic E-state index is 11.0. The van der Waals surface area contributed by atoms with Gasteiger partial charge < -0.3 is 20.5 Å². The molecule has 0 heterocycles. The van der Waals surface area contributed by atoms with Crippen molar-refractivity contribution in [2.24, 2.45) is 5.73 Å². The maximum Gasteiger partial charge on any atom is 0.236 e. The highest BCUT2D eigenvalue weighted by Gasteiger charge is 2.11.